The second kappa shape index (κ2) is 9.47. The van der Waals surface area contributed by atoms with Crippen LogP contribution in [0.5, 0.6) is 0 Å². The van der Waals surface area contributed by atoms with Crippen LogP contribution in [0.4, 0.5) is 4.39 Å². The summed E-state index contributed by atoms with van der Waals surface area (Å²) in [5, 5.41) is 0.686. The zero-order valence-electron chi connectivity index (χ0n) is 18.1. The van der Waals surface area contributed by atoms with E-state index in [9.17, 15) is 18.8 Å². The van der Waals surface area contributed by atoms with Crippen LogP contribution in [0.3, 0.4) is 0 Å². The minimum Gasteiger partial charge on any atom is -0.298 e. The monoisotopic (exact) mass is 496 g/mol. The van der Waals surface area contributed by atoms with Gasteiger partial charge in [-0.05, 0) is 61.1 Å². The normalized spacial score (nSPS) is 13.0. The predicted molar refractivity (Wildman–Crippen MR) is 130 cm³/mol. The average molecular weight is 497 g/mol. The van der Waals surface area contributed by atoms with Gasteiger partial charge in [-0.1, -0.05) is 12.1 Å². The number of hydrogen-bond donors (Lipinski definition) is 2. The number of hydrogen-bond acceptors (Lipinski definition) is 6. The number of carbonyl (C=O) groups excluding carboxylic acids is 2. The van der Waals surface area contributed by atoms with Gasteiger partial charge in [-0.2, -0.15) is 0 Å². The van der Waals surface area contributed by atoms with E-state index < -0.39 is 11.8 Å². The molecule has 0 radical (unpaired) electrons. The molecule has 0 atom stereocenters. The van der Waals surface area contributed by atoms with Crippen molar-refractivity contribution in [1.29, 1.82) is 0 Å². The number of amides is 2. The lowest BCUT2D eigenvalue weighted by molar-refractivity contribution is -0.122. The Morgan fingerprint density at radius 2 is 1.82 bits per heavy atom. The molecule has 1 aliphatic rings. The van der Waals surface area contributed by atoms with Gasteiger partial charge in [0.2, 0.25) is 5.91 Å². The Kier molecular flexibility index (Phi) is 6.25. The van der Waals surface area contributed by atoms with E-state index in [1.54, 1.807) is 35.6 Å². The highest BCUT2D eigenvalue weighted by Crippen LogP contribution is 2.33. The Morgan fingerprint density at radius 1 is 1.03 bits per heavy atom. The van der Waals surface area contributed by atoms with Crippen LogP contribution >= 0.6 is 22.7 Å². The maximum absolute atomic E-state index is 13.1. The van der Waals surface area contributed by atoms with Crippen LogP contribution in [0.25, 0.3) is 20.7 Å². The first-order valence-electron chi connectivity index (χ1n) is 10.9. The number of aryl methyl sites for hydroxylation is 3. The van der Waals surface area contributed by atoms with E-state index in [0.29, 0.717) is 10.3 Å². The largest absolute Gasteiger partial charge is 0.298 e. The highest BCUT2D eigenvalue weighted by molar-refractivity contribution is 7.18. The highest BCUT2D eigenvalue weighted by Gasteiger charge is 2.20. The van der Waals surface area contributed by atoms with Crippen LogP contribution in [-0.2, 0) is 24.2 Å². The molecule has 1 aromatic carbocycles. The molecule has 174 valence electrons. The number of hydrazine groups is 1. The molecule has 0 bridgehead atoms. The van der Waals surface area contributed by atoms with Crippen LogP contribution in [-0.4, -0.2) is 21.4 Å². The summed E-state index contributed by atoms with van der Waals surface area (Å²) in [5.74, 6) is -1.19. The maximum atomic E-state index is 13.1. The van der Waals surface area contributed by atoms with Gasteiger partial charge in [0, 0.05) is 22.7 Å². The first-order valence-corrected chi connectivity index (χ1v) is 12.6. The van der Waals surface area contributed by atoms with Crippen LogP contribution in [0.1, 0.15) is 39.4 Å². The summed E-state index contributed by atoms with van der Waals surface area (Å²) in [6, 6.07) is 9.43. The van der Waals surface area contributed by atoms with Crippen LogP contribution < -0.4 is 16.4 Å². The van der Waals surface area contributed by atoms with Gasteiger partial charge >= 0.3 is 0 Å². The van der Waals surface area contributed by atoms with Crippen molar-refractivity contribution in [3.63, 3.8) is 0 Å². The number of aromatic nitrogens is 2. The van der Waals surface area contributed by atoms with Crippen molar-refractivity contribution in [3.8, 4) is 10.4 Å². The summed E-state index contributed by atoms with van der Waals surface area (Å²) in [4.78, 5) is 45.3. The van der Waals surface area contributed by atoms with Crippen molar-refractivity contribution < 1.29 is 14.0 Å². The fourth-order valence-electron chi connectivity index (χ4n) is 4.04. The summed E-state index contributed by atoms with van der Waals surface area (Å²) >= 11 is 2.83. The van der Waals surface area contributed by atoms with Gasteiger partial charge in [0.05, 0.1) is 16.6 Å². The first-order chi connectivity index (χ1) is 16.5. The number of fused-ring (bicyclic) bond motifs is 3. The fraction of sp³-hybridized carbons (Fsp3) is 0.250. The molecular weight excluding hydrogens is 475 g/mol. The summed E-state index contributed by atoms with van der Waals surface area (Å²) in [5.41, 5.74) is 6.60. The molecule has 3 heterocycles. The molecule has 0 spiro atoms. The molecule has 0 saturated heterocycles. The van der Waals surface area contributed by atoms with E-state index in [0.717, 1.165) is 46.5 Å². The number of benzene rings is 1. The number of rotatable bonds is 5. The standard InChI is InChI=1S/C24H21FN4O3S2/c25-15-7-5-14(6-8-15)17-9-10-19(33-17)22(31)28-27-20(30)11-12-29-13-26-23-21(24(29)32)16-3-1-2-4-18(16)34-23/h5-10,13H,1-4,11-12H2,(H,27,30)(H,28,31). The Balaban J connectivity index is 1.18. The second-order valence-corrected chi connectivity index (χ2v) is 10.2. The number of thiophene rings is 2. The van der Waals surface area contributed by atoms with Gasteiger partial charge in [-0.15, -0.1) is 22.7 Å². The lowest BCUT2D eigenvalue weighted by Gasteiger charge is -2.10. The lowest BCUT2D eigenvalue weighted by atomic mass is 9.97. The average Bonchev–Trinajstić information content (AvgIpc) is 3.48. The molecule has 10 heteroatoms. The molecular formula is C24H21FN4O3S2. The number of nitrogens with one attached hydrogen (secondary N) is 2. The molecule has 2 amide bonds. The van der Waals surface area contributed by atoms with Gasteiger partial charge in [-0.3, -0.25) is 29.8 Å². The van der Waals surface area contributed by atoms with Gasteiger partial charge in [0.15, 0.2) is 0 Å². The topological polar surface area (TPSA) is 93.1 Å². The molecule has 2 N–H and O–H groups in total. The third kappa shape index (κ3) is 4.51. The first kappa shape index (κ1) is 22.4. The van der Waals surface area contributed by atoms with Crippen molar-refractivity contribution in [1.82, 2.24) is 20.4 Å². The summed E-state index contributed by atoms with van der Waals surface area (Å²) in [7, 11) is 0. The predicted octanol–water partition coefficient (Wildman–Crippen LogP) is 4.06. The summed E-state index contributed by atoms with van der Waals surface area (Å²) in [6.45, 7) is 0.168. The van der Waals surface area contributed by atoms with E-state index in [1.165, 1.54) is 39.2 Å². The molecule has 3 aromatic heterocycles. The summed E-state index contributed by atoms with van der Waals surface area (Å²) < 4.78 is 14.6. The number of carbonyl (C=O) groups is 2. The van der Waals surface area contributed by atoms with Crippen LogP contribution in [0.15, 0.2) is 47.5 Å². The molecule has 1 aliphatic carbocycles. The Hall–Kier alpha value is -3.37. The molecule has 7 nitrogen and oxygen atoms in total. The van der Waals surface area contributed by atoms with Crippen molar-refractivity contribution >= 4 is 44.7 Å². The van der Waals surface area contributed by atoms with Gasteiger partial charge in [0.1, 0.15) is 10.6 Å². The fourth-order valence-corrected chi connectivity index (χ4v) is 6.17. The third-order valence-electron chi connectivity index (χ3n) is 5.80. The zero-order valence-corrected chi connectivity index (χ0v) is 19.7. The lowest BCUT2D eigenvalue weighted by Crippen LogP contribution is -2.41. The van der Waals surface area contributed by atoms with Crippen molar-refractivity contribution in [2.75, 3.05) is 0 Å². The molecule has 34 heavy (non-hydrogen) atoms. The SMILES string of the molecule is O=C(CCn1cnc2sc3c(c2c1=O)CCCC3)NNC(=O)c1ccc(-c2ccc(F)cc2)s1. The Bertz CT molecular complexity index is 1440. The highest BCUT2D eigenvalue weighted by atomic mass is 32.1. The molecule has 4 aromatic rings. The van der Waals surface area contributed by atoms with Crippen molar-refractivity contribution in [2.45, 2.75) is 38.6 Å². The number of nitrogens with zero attached hydrogens (tertiary/aromatic N) is 2. The van der Waals surface area contributed by atoms with E-state index in [-0.39, 0.29) is 24.3 Å². The van der Waals surface area contributed by atoms with Crippen LogP contribution in [0.2, 0.25) is 0 Å². The summed E-state index contributed by atoms with van der Waals surface area (Å²) in [6.07, 6.45) is 5.61. The Morgan fingerprint density at radius 3 is 2.65 bits per heavy atom. The molecule has 0 aliphatic heterocycles. The van der Waals surface area contributed by atoms with E-state index >= 15 is 0 Å². The maximum Gasteiger partial charge on any atom is 0.279 e. The third-order valence-corrected chi connectivity index (χ3v) is 8.13. The van der Waals surface area contributed by atoms with Crippen molar-refractivity contribution in [3.05, 3.63) is 74.2 Å². The zero-order chi connectivity index (χ0) is 23.7. The molecule has 0 unspecified atom stereocenters. The van der Waals surface area contributed by atoms with Crippen molar-refractivity contribution in [2.24, 2.45) is 0 Å². The van der Waals surface area contributed by atoms with Gasteiger partial charge in [-0.25, -0.2) is 9.37 Å². The molecule has 0 fully saturated rings. The van der Waals surface area contributed by atoms with E-state index in [1.807, 2.05) is 0 Å². The van der Waals surface area contributed by atoms with E-state index in [2.05, 4.69) is 15.8 Å². The van der Waals surface area contributed by atoms with Gasteiger partial charge < -0.3 is 0 Å². The second-order valence-electron chi connectivity index (χ2n) is 8.06. The van der Waals surface area contributed by atoms with E-state index in [4.69, 9.17) is 0 Å². The van der Waals surface area contributed by atoms with Gasteiger partial charge in [0.25, 0.3) is 11.5 Å². The molecule has 0 saturated carbocycles. The molecule has 5 rings (SSSR count). The smallest absolute Gasteiger partial charge is 0.279 e. The minimum absolute atomic E-state index is 0.0188. The Labute approximate surface area is 202 Å². The quantitative estimate of drug-likeness (QED) is 0.408. The number of halogens is 1. The minimum atomic E-state index is -0.447. The van der Waals surface area contributed by atoms with Crippen LogP contribution in [0, 0.1) is 5.82 Å².